The maximum absolute atomic E-state index is 10.5. The van der Waals surface area contributed by atoms with Gasteiger partial charge in [-0.1, -0.05) is 0 Å². The Balaban J connectivity index is 2.95. The van der Waals surface area contributed by atoms with E-state index in [9.17, 15) is 10.1 Å². The molecule has 1 heterocycles. The minimum atomic E-state index is -0.549. The van der Waals surface area contributed by atoms with Gasteiger partial charge in [0.25, 0.3) is 5.69 Å². The molecule has 0 radical (unpaired) electrons. The largest absolute Gasteiger partial charge is 0.395 e. The lowest BCUT2D eigenvalue weighted by Gasteiger charge is -2.05. The van der Waals surface area contributed by atoms with E-state index in [1.54, 1.807) is 0 Å². The monoisotopic (exact) mass is 213 g/mol. The van der Waals surface area contributed by atoms with Gasteiger partial charge in [-0.05, 0) is 0 Å². The number of aliphatic hydroxyl groups is 1. The summed E-state index contributed by atoms with van der Waals surface area (Å²) in [5, 5.41) is 21.8. The molecule has 8 heteroatoms. The normalized spacial score (nSPS) is 9.73. The molecule has 0 aliphatic rings. The first-order valence-corrected chi connectivity index (χ1v) is 4.15. The highest BCUT2D eigenvalue weighted by Gasteiger charge is 2.10. The SMILES string of the molecule is NNc1cc([N+](=O)[O-])cc(NCCO)n1. The van der Waals surface area contributed by atoms with Crippen molar-refractivity contribution in [3.05, 3.63) is 22.2 Å². The van der Waals surface area contributed by atoms with E-state index in [1.807, 2.05) is 0 Å². The first kappa shape index (κ1) is 11.1. The molecule has 0 atom stereocenters. The number of anilines is 2. The molecule has 0 spiro atoms. The Kier molecular flexibility index (Phi) is 3.77. The standard InChI is InChI=1S/C7H11N5O3/c8-11-7-4-5(12(14)15)3-6(10-7)9-1-2-13/h3-4,13H,1-2,8H2,(H2,9,10,11). The molecule has 0 unspecified atom stereocenters. The number of hydrogen-bond donors (Lipinski definition) is 4. The summed E-state index contributed by atoms with van der Waals surface area (Å²) < 4.78 is 0. The fourth-order valence-corrected chi connectivity index (χ4v) is 0.970. The Morgan fingerprint density at radius 1 is 1.53 bits per heavy atom. The minimum Gasteiger partial charge on any atom is -0.395 e. The molecule has 0 fully saturated rings. The number of pyridine rings is 1. The highest BCUT2D eigenvalue weighted by Crippen LogP contribution is 2.19. The van der Waals surface area contributed by atoms with Crippen LogP contribution in [0.2, 0.25) is 0 Å². The van der Waals surface area contributed by atoms with Gasteiger partial charge in [0.15, 0.2) is 0 Å². The van der Waals surface area contributed by atoms with Gasteiger partial charge >= 0.3 is 0 Å². The number of nitro groups is 1. The molecule has 1 aromatic heterocycles. The lowest BCUT2D eigenvalue weighted by atomic mass is 10.3. The molecule has 0 bridgehead atoms. The van der Waals surface area contributed by atoms with Gasteiger partial charge in [0.2, 0.25) is 0 Å². The third kappa shape index (κ3) is 3.04. The van der Waals surface area contributed by atoms with E-state index in [0.717, 1.165) is 0 Å². The van der Waals surface area contributed by atoms with Gasteiger partial charge in [-0.25, -0.2) is 10.8 Å². The summed E-state index contributed by atoms with van der Waals surface area (Å²) >= 11 is 0. The summed E-state index contributed by atoms with van der Waals surface area (Å²) in [6.07, 6.45) is 0. The van der Waals surface area contributed by atoms with E-state index in [-0.39, 0.29) is 30.5 Å². The van der Waals surface area contributed by atoms with Crippen LogP contribution in [0.15, 0.2) is 12.1 Å². The molecular formula is C7H11N5O3. The van der Waals surface area contributed by atoms with Crippen molar-refractivity contribution < 1.29 is 10.0 Å². The second-order valence-electron chi connectivity index (χ2n) is 2.65. The van der Waals surface area contributed by atoms with Gasteiger partial charge in [0, 0.05) is 6.54 Å². The van der Waals surface area contributed by atoms with Crippen LogP contribution in [-0.4, -0.2) is 28.2 Å². The third-order valence-electron chi connectivity index (χ3n) is 1.59. The van der Waals surface area contributed by atoms with E-state index in [1.165, 1.54) is 12.1 Å². The first-order valence-electron chi connectivity index (χ1n) is 4.15. The molecule has 0 saturated heterocycles. The van der Waals surface area contributed by atoms with Crippen molar-refractivity contribution in [1.29, 1.82) is 0 Å². The zero-order valence-corrected chi connectivity index (χ0v) is 7.80. The van der Waals surface area contributed by atoms with E-state index < -0.39 is 4.92 Å². The average Bonchev–Trinajstić information content (AvgIpc) is 2.25. The summed E-state index contributed by atoms with van der Waals surface area (Å²) in [7, 11) is 0. The lowest BCUT2D eigenvalue weighted by molar-refractivity contribution is -0.384. The van der Waals surface area contributed by atoms with Gasteiger partial charge in [0.1, 0.15) is 11.6 Å². The lowest BCUT2D eigenvalue weighted by Crippen LogP contribution is -2.12. The van der Waals surface area contributed by atoms with Gasteiger partial charge in [-0.2, -0.15) is 0 Å². The molecule has 8 nitrogen and oxygen atoms in total. The quantitative estimate of drug-likeness (QED) is 0.300. The van der Waals surface area contributed by atoms with Crippen molar-refractivity contribution in [1.82, 2.24) is 4.98 Å². The Morgan fingerprint density at radius 3 is 2.73 bits per heavy atom. The van der Waals surface area contributed by atoms with Crippen LogP contribution < -0.4 is 16.6 Å². The Bertz CT molecular complexity index is 356. The molecule has 0 amide bonds. The van der Waals surface area contributed by atoms with E-state index in [0.29, 0.717) is 0 Å². The first-order chi connectivity index (χ1) is 7.17. The zero-order chi connectivity index (χ0) is 11.3. The smallest absolute Gasteiger partial charge is 0.276 e. The number of nitrogen functional groups attached to an aromatic ring is 1. The summed E-state index contributed by atoms with van der Waals surface area (Å²) in [5.74, 6) is 5.57. The van der Waals surface area contributed by atoms with Crippen molar-refractivity contribution in [2.24, 2.45) is 5.84 Å². The highest BCUT2D eigenvalue weighted by molar-refractivity contribution is 5.54. The van der Waals surface area contributed by atoms with E-state index in [4.69, 9.17) is 10.9 Å². The van der Waals surface area contributed by atoms with Gasteiger partial charge < -0.3 is 15.8 Å². The van der Waals surface area contributed by atoms with Crippen molar-refractivity contribution in [3.8, 4) is 0 Å². The molecule has 0 aliphatic heterocycles. The highest BCUT2D eigenvalue weighted by atomic mass is 16.6. The van der Waals surface area contributed by atoms with Gasteiger partial charge in [-0.15, -0.1) is 0 Å². The van der Waals surface area contributed by atoms with Crippen LogP contribution in [0.3, 0.4) is 0 Å². The Labute approximate surface area is 85.2 Å². The number of hydrazine groups is 1. The molecular weight excluding hydrogens is 202 g/mol. The average molecular weight is 213 g/mol. The van der Waals surface area contributed by atoms with Crippen molar-refractivity contribution in [3.63, 3.8) is 0 Å². The fraction of sp³-hybridized carbons (Fsp3) is 0.286. The summed E-state index contributed by atoms with van der Waals surface area (Å²) in [5.41, 5.74) is 2.09. The number of nitrogens with zero attached hydrogens (tertiary/aromatic N) is 2. The summed E-state index contributed by atoms with van der Waals surface area (Å²) in [6, 6.07) is 2.47. The molecule has 82 valence electrons. The van der Waals surface area contributed by atoms with Crippen LogP contribution in [0, 0.1) is 10.1 Å². The zero-order valence-electron chi connectivity index (χ0n) is 7.80. The maximum Gasteiger partial charge on any atom is 0.276 e. The van der Waals surface area contributed by atoms with Crippen LogP contribution in [-0.2, 0) is 0 Å². The summed E-state index contributed by atoms with van der Waals surface area (Å²) in [4.78, 5) is 13.9. The minimum absolute atomic E-state index is 0.0875. The van der Waals surface area contributed by atoms with Gasteiger partial charge in [0.05, 0.1) is 23.7 Å². The predicted octanol–water partition coefficient (Wildman–Crippen LogP) is -0.320. The summed E-state index contributed by atoms with van der Waals surface area (Å²) in [6.45, 7) is 0.175. The number of nitrogens with one attached hydrogen (secondary N) is 2. The second-order valence-corrected chi connectivity index (χ2v) is 2.65. The van der Waals surface area contributed by atoms with Crippen molar-refractivity contribution >= 4 is 17.3 Å². The number of rotatable bonds is 5. The third-order valence-corrected chi connectivity index (χ3v) is 1.59. The van der Waals surface area contributed by atoms with Crippen LogP contribution in [0.1, 0.15) is 0 Å². The number of aromatic nitrogens is 1. The molecule has 15 heavy (non-hydrogen) atoms. The number of aliphatic hydroxyl groups excluding tert-OH is 1. The van der Waals surface area contributed by atoms with Crippen molar-refractivity contribution in [2.45, 2.75) is 0 Å². The molecule has 1 rings (SSSR count). The van der Waals surface area contributed by atoms with E-state index >= 15 is 0 Å². The molecule has 0 aliphatic carbocycles. The van der Waals surface area contributed by atoms with Crippen LogP contribution in [0.4, 0.5) is 17.3 Å². The second kappa shape index (κ2) is 5.08. The number of hydrogen-bond acceptors (Lipinski definition) is 7. The molecule has 0 aromatic carbocycles. The topological polar surface area (TPSA) is 126 Å². The predicted molar refractivity (Wildman–Crippen MR) is 54.3 cm³/mol. The molecule has 0 saturated carbocycles. The van der Waals surface area contributed by atoms with Crippen LogP contribution in [0.25, 0.3) is 0 Å². The van der Waals surface area contributed by atoms with Crippen LogP contribution >= 0.6 is 0 Å². The van der Waals surface area contributed by atoms with E-state index in [2.05, 4.69) is 15.7 Å². The van der Waals surface area contributed by atoms with Crippen molar-refractivity contribution in [2.75, 3.05) is 23.9 Å². The Hall–Kier alpha value is -1.93. The molecule has 1 aromatic rings. The Morgan fingerprint density at radius 2 is 2.20 bits per heavy atom. The fourth-order valence-electron chi connectivity index (χ4n) is 0.970. The molecule has 5 N–H and O–H groups in total. The van der Waals surface area contributed by atoms with Crippen LogP contribution in [0.5, 0.6) is 0 Å². The number of nitrogens with two attached hydrogens (primary N) is 1. The van der Waals surface area contributed by atoms with Gasteiger partial charge in [-0.3, -0.25) is 10.1 Å². The maximum atomic E-state index is 10.5.